The highest BCUT2D eigenvalue weighted by Gasteiger charge is 2.23. The Labute approximate surface area is 207 Å². The standard InChI is InChI=1S/C26H25N5O3S/c1-18-29-30-26(31(18)21-13-15-22(34-2)16-14-21)35-17-23(32)28-24(19-9-5-3-6-10-19)25(33)27-20-11-7-4-8-12-20/h3-16,24H,17H2,1-2H3,(H,27,33)(H,28,32). The van der Waals surface area contributed by atoms with E-state index in [1.807, 2.05) is 84.3 Å². The summed E-state index contributed by atoms with van der Waals surface area (Å²) in [6.07, 6.45) is 0. The van der Waals surface area contributed by atoms with Crippen molar-refractivity contribution >= 4 is 29.3 Å². The number of hydrogen-bond acceptors (Lipinski definition) is 6. The lowest BCUT2D eigenvalue weighted by molar-refractivity contribution is -0.125. The molecule has 4 rings (SSSR count). The van der Waals surface area contributed by atoms with Gasteiger partial charge in [-0.1, -0.05) is 60.3 Å². The molecule has 2 N–H and O–H groups in total. The Morgan fingerprint density at radius 1 is 0.943 bits per heavy atom. The zero-order valence-corrected chi connectivity index (χ0v) is 20.2. The van der Waals surface area contributed by atoms with E-state index in [1.54, 1.807) is 19.2 Å². The number of aryl methyl sites for hydroxylation is 1. The molecule has 9 heteroatoms. The van der Waals surface area contributed by atoms with Gasteiger partial charge in [-0.15, -0.1) is 10.2 Å². The third-order valence-electron chi connectivity index (χ3n) is 5.20. The monoisotopic (exact) mass is 487 g/mol. The molecule has 2 amide bonds. The van der Waals surface area contributed by atoms with Crippen molar-refractivity contribution in [3.05, 3.63) is 96.3 Å². The van der Waals surface area contributed by atoms with Gasteiger partial charge in [-0.05, 0) is 48.9 Å². The number of benzene rings is 3. The lowest BCUT2D eigenvalue weighted by atomic mass is 10.1. The van der Waals surface area contributed by atoms with Crippen LogP contribution in [0.3, 0.4) is 0 Å². The van der Waals surface area contributed by atoms with Gasteiger partial charge >= 0.3 is 0 Å². The highest BCUT2D eigenvalue weighted by atomic mass is 32.2. The quantitative estimate of drug-likeness (QED) is 0.344. The second-order valence-corrected chi connectivity index (χ2v) is 8.56. The number of nitrogens with zero attached hydrogens (tertiary/aromatic N) is 3. The van der Waals surface area contributed by atoms with E-state index in [0.29, 0.717) is 22.2 Å². The van der Waals surface area contributed by atoms with Gasteiger partial charge in [0.05, 0.1) is 12.9 Å². The Hall–Kier alpha value is -4.11. The SMILES string of the molecule is COc1ccc(-n2c(C)nnc2SCC(=O)NC(C(=O)Nc2ccccc2)c2ccccc2)cc1. The average Bonchev–Trinajstić information content (AvgIpc) is 3.27. The molecule has 1 unspecified atom stereocenters. The molecule has 0 radical (unpaired) electrons. The zero-order chi connectivity index (χ0) is 24.6. The fourth-order valence-electron chi connectivity index (χ4n) is 3.48. The summed E-state index contributed by atoms with van der Waals surface area (Å²) >= 11 is 1.25. The number of anilines is 1. The predicted octanol–water partition coefficient (Wildman–Crippen LogP) is 4.17. The molecule has 0 bridgehead atoms. The molecule has 4 aromatic rings. The summed E-state index contributed by atoms with van der Waals surface area (Å²) in [5, 5.41) is 14.7. The number of para-hydroxylation sites is 1. The molecule has 178 valence electrons. The van der Waals surface area contributed by atoms with Crippen molar-refractivity contribution in [3.63, 3.8) is 0 Å². The maximum absolute atomic E-state index is 13.0. The number of hydrogen-bond donors (Lipinski definition) is 2. The number of methoxy groups -OCH3 is 1. The Bertz CT molecular complexity index is 1280. The summed E-state index contributed by atoms with van der Waals surface area (Å²) in [7, 11) is 1.61. The number of carbonyl (C=O) groups excluding carboxylic acids is 2. The Balaban J connectivity index is 1.46. The second-order valence-electron chi connectivity index (χ2n) is 7.62. The molecular formula is C26H25N5O3S. The molecule has 3 aromatic carbocycles. The number of amides is 2. The fraction of sp³-hybridized carbons (Fsp3) is 0.154. The first-order valence-corrected chi connectivity index (χ1v) is 11.9. The van der Waals surface area contributed by atoms with Gasteiger partial charge in [0.1, 0.15) is 17.6 Å². The second kappa shape index (κ2) is 11.3. The third kappa shape index (κ3) is 6.07. The van der Waals surface area contributed by atoms with Crippen molar-refractivity contribution in [1.82, 2.24) is 20.1 Å². The first-order valence-electron chi connectivity index (χ1n) is 10.9. The lowest BCUT2D eigenvalue weighted by Crippen LogP contribution is -2.37. The van der Waals surface area contributed by atoms with Crippen LogP contribution in [0.5, 0.6) is 5.75 Å². The van der Waals surface area contributed by atoms with Gasteiger partial charge in [-0.25, -0.2) is 0 Å². The van der Waals surface area contributed by atoms with E-state index >= 15 is 0 Å². The highest BCUT2D eigenvalue weighted by Crippen LogP contribution is 2.24. The van der Waals surface area contributed by atoms with Crippen LogP contribution in [0.1, 0.15) is 17.4 Å². The zero-order valence-electron chi connectivity index (χ0n) is 19.3. The third-order valence-corrected chi connectivity index (χ3v) is 6.13. The van der Waals surface area contributed by atoms with Crippen LogP contribution in [0, 0.1) is 6.92 Å². The molecule has 1 heterocycles. The minimum atomic E-state index is -0.842. The van der Waals surface area contributed by atoms with Crippen LogP contribution in [0.15, 0.2) is 90.1 Å². The van der Waals surface area contributed by atoms with Crippen molar-refractivity contribution in [2.24, 2.45) is 0 Å². The fourth-order valence-corrected chi connectivity index (χ4v) is 4.29. The Morgan fingerprint density at radius 3 is 2.26 bits per heavy atom. The van der Waals surface area contributed by atoms with Crippen molar-refractivity contribution in [1.29, 1.82) is 0 Å². The van der Waals surface area contributed by atoms with E-state index < -0.39 is 6.04 Å². The summed E-state index contributed by atoms with van der Waals surface area (Å²) in [6.45, 7) is 1.85. The van der Waals surface area contributed by atoms with Gasteiger partial charge in [0.25, 0.3) is 5.91 Å². The normalized spacial score (nSPS) is 11.5. The van der Waals surface area contributed by atoms with Crippen LogP contribution in [0.2, 0.25) is 0 Å². The van der Waals surface area contributed by atoms with E-state index in [0.717, 1.165) is 11.4 Å². The van der Waals surface area contributed by atoms with Crippen LogP contribution < -0.4 is 15.4 Å². The van der Waals surface area contributed by atoms with Crippen molar-refractivity contribution in [3.8, 4) is 11.4 Å². The maximum atomic E-state index is 13.0. The van der Waals surface area contributed by atoms with Crippen LogP contribution in [0.4, 0.5) is 5.69 Å². The van der Waals surface area contributed by atoms with Gasteiger partial charge in [-0.2, -0.15) is 0 Å². The molecule has 0 spiro atoms. The van der Waals surface area contributed by atoms with E-state index in [9.17, 15) is 9.59 Å². The highest BCUT2D eigenvalue weighted by molar-refractivity contribution is 7.99. The van der Waals surface area contributed by atoms with E-state index in [-0.39, 0.29) is 17.6 Å². The number of rotatable bonds is 9. The average molecular weight is 488 g/mol. The molecule has 0 aliphatic carbocycles. The van der Waals surface area contributed by atoms with Crippen molar-refractivity contribution < 1.29 is 14.3 Å². The minimum absolute atomic E-state index is 0.0657. The first-order chi connectivity index (χ1) is 17.0. The van der Waals surface area contributed by atoms with Crippen LogP contribution in [0.25, 0.3) is 5.69 Å². The van der Waals surface area contributed by atoms with Crippen molar-refractivity contribution in [2.45, 2.75) is 18.1 Å². The van der Waals surface area contributed by atoms with Crippen LogP contribution >= 0.6 is 11.8 Å². The molecule has 8 nitrogen and oxygen atoms in total. The van der Waals surface area contributed by atoms with Crippen LogP contribution in [-0.4, -0.2) is 39.4 Å². The topological polar surface area (TPSA) is 98.1 Å². The molecule has 35 heavy (non-hydrogen) atoms. The smallest absolute Gasteiger partial charge is 0.251 e. The minimum Gasteiger partial charge on any atom is -0.497 e. The summed E-state index contributed by atoms with van der Waals surface area (Å²) in [6, 6.07) is 25.0. The van der Waals surface area contributed by atoms with Gasteiger partial charge in [0, 0.05) is 11.4 Å². The predicted molar refractivity (Wildman–Crippen MR) is 136 cm³/mol. The van der Waals surface area contributed by atoms with E-state index in [4.69, 9.17) is 4.74 Å². The molecule has 1 atom stereocenters. The molecule has 0 fully saturated rings. The number of ether oxygens (including phenoxy) is 1. The van der Waals surface area contributed by atoms with Crippen molar-refractivity contribution in [2.75, 3.05) is 18.2 Å². The Kier molecular flexibility index (Phi) is 7.79. The van der Waals surface area contributed by atoms with Gasteiger partial charge in [0.15, 0.2) is 5.16 Å². The number of carbonyl (C=O) groups is 2. The number of nitrogens with one attached hydrogen (secondary N) is 2. The summed E-state index contributed by atoms with van der Waals surface area (Å²) in [5.74, 6) is 0.888. The lowest BCUT2D eigenvalue weighted by Gasteiger charge is -2.19. The molecule has 0 aliphatic heterocycles. The van der Waals surface area contributed by atoms with Gasteiger partial charge in [0.2, 0.25) is 5.91 Å². The molecule has 0 saturated carbocycles. The molecule has 1 aromatic heterocycles. The van der Waals surface area contributed by atoms with Gasteiger partial charge in [-0.3, -0.25) is 14.2 Å². The molecular weight excluding hydrogens is 462 g/mol. The maximum Gasteiger partial charge on any atom is 0.251 e. The summed E-state index contributed by atoms with van der Waals surface area (Å²) < 4.78 is 7.09. The molecule has 0 aliphatic rings. The summed E-state index contributed by atoms with van der Waals surface area (Å²) in [4.78, 5) is 26.0. The molecule has 0 saturated heterocycles. The van der Waals surface area contributed by atoms with Gasteiger partial charge < -0.3 is 15.4 Å². The largest absolute Gasteiger partial charge is 0.497 e. The van der Waals surface area contributed by atoms with E-state index in [2.05, 4.69) is 20.8 Å². The number of aromatic nitrogens is 3. The summed E-state index contributed by atoms with van der Waals surface area (Å²) in [5.41, 5.74) is 2.21. The van der Waals surface area contributed by atoms with Crippen LogP contribution in [-0.2, 0) is 9.59 Å². The number of thioether (sulfide) groups is 1. The first kappa shape index (κ1) is 24.0. The Morgan fingerprint density at radius 2 is 1.60 bits per heavy atom. The van der Waals surface area contributed by atoms with E-state index in [1.165, 1.54) is 11.8 Å².